The fraction of sp³-hybridized carbons (Fsp3) is 0.348. The Kier molecular flexibility index (Phi) is 7.74. The SMILES string of the molecule is N#CC(NC(=O)[C@@H]1CCCC[C@H]1NC(=O)OCc1cccc(Cl)c1)c1cccc(O)c1. The van der Waals surface area contributed by atoms with E-state index in [2.05, 4.69) is 10.6 Å². The summed E-state index contributed by atoms with van der Waals surface area (Å²) in [6.07, 6.45) is 2.39. The van der Waals surface area contributed by atoms with E-state index in [0.717, 1.165) is 18.4 Å². The summed E-state index contributed by atoms with van der Waals surface area (Å²) < 4.78 is 5.28. The van der Waals surface area contributed by atoms with Crippen LogP contribution < -0.4 is 10.6 Å². The molecule has 1 saturated carbocycles. The molecule has 2 aromatic carbocycles. The molecule has 1 fully saturated rings. The summed E-state index contributed by atoms with van der Waals surface area (Å²) in [6.45, 7) is 0.0734. The van der Waals surface area contributed by atoms with Crippen LogP contribution in [0.1, 0.15) is 42.9 Å². The van der Waals surface area contributed by atoms with Crippen LogP contribution in [0.3, 0.4) is 0 Å². The third kappa shape index (κ3) is 6.37. The molecule has 162 valence electrons. The minimum atomic E-state index is -0.892. The van der Waals surface area contributed by atoms with Crippen molar-refractivity contribution in [2.24, 2.45) is 5.92 Å². The fourth-order valence-electron chi connectivity index (χ4n) is 3.73. The molecule has 0 heterocycles. The van der Waals surface area contributed by atoms with Gasteiger partial charge in [-0.05, 0) is 48.2 Å². The number of hydrogen-bond donors (Lipinski definition) is 3. The van der Waals surface area contributed by atoms with E-state index in [4.69, 9.17) is 16.3 Å². The Labute approximate surface area is 186 Å². The van der Waals surface area contributed by atoms with E-state index in [1.165, 1.54) is 12.1 Å². The molecule has 31 heavy (non-hydrogen) atoms. The number of halogens is 1. The van der Waals surface area contributed by atoms with Gasteiger partial charge in [0.2, 0.25) is 5.91 Å². The Balaban J connectivity index is 1.59. The van der Waals surface area contributed by atoms with Crippen LogP contribution in [-0.2, 0) is 16.1 Å². The highest BCUT2D eigenvalue weighted by molar-refractivity contribution is 6.30. The quantitative estimate of drug-likeness (QED) is 0.621. The standard InChI is InChI=1S/C23H24ClN3O4/c24-17-7-3-5-15(11-17)14-31-23(30)27-20-10-2-1-9-19(20)22(29)26-21(13-25)16-6-4-8-18(28)12-16/h3-8,11-12,19-21,28H,1-2,9-10,14H2,(H,26,29)(H,27,30)/t19-,20-,21?/m1/s1. The lowest BCUT2D eigenvalue weighted by atomic mass is 9.83. The summed E-state index contributed by atoms with van der Waals surface area (Å²) in [6, 6.07) is 14.0. The first-order valence-corrected chi connectivity index (χ1v) is 10.5. The van der Waals surface area contributed by atoms with Gasteiger partial charge in [-0.1, -0.05) is 48.7 Å². The molecule has 2 aromatic rings. The van der Waals surface area contributed by atoms with Gasteiger partial charge in [0.25, 0.3) is 0 Å². The van der Waals surface area contributed by atoms with E-state index in [1.807, 2.05) is 6.07 Å². The molecular weight excluding hydrogens is 418 g/mol. The Morgan fingerprint density at radius 2 is 1.97 bits per heavy atom. The minimum Gasteiger partial charge on any atom is -0.508 e. The van der Waals surface area contributed by atoms with Gasteiger partial charge in [-0.25, -0.2) is 4.79 Å². The number of phenols is 1. The molecular formula is C23H24ClN3O4. The molecule has 0 aromatic heterocycles. The highest BCUT2D eigenvalue weighted by atomic mass is 35.5. The maximum absolute atomic E-state index is 12.9. The number of phenolic OH excluding ortho intramolecular Hbond substituents is 1. The van der Waals surface area contributed by atoms with Gasteiger partial charge in [0.1, 0.15) is 18.4 Å². The third-order valence-corrected chi connectivity index (χ3v) is 5.52. The molecule has 1 aliphatic rings. The van der Waals surface area contributed by atoms with Crippen LogP contribution in [0.5, 0.6) is 5.75 Å². The molecule has 0 bridgehead atoms. The van der Waals surface area contributed by atoms with Crippen LogP contribution >= 0.6 is 11.6 Å². The van der Waals surface area contributed by atoms with Gasteiger partial charge in [0, 0.05) is 11.1 Å². The van der Waals surface area contributed by atoms with E-state index in [-0.39, 0.29) is 24.3 Å². The number of nitrogens with zero attached hydrogens (tertiary/aromatic N) is 1. The highest BCUT2D eigenvalue weighted by Gasteiger charge is 2.33. The second-order valence-corrected chi connectivity index (χ2v) is 7.95. The van der Waals surface area contributed by atoms with Crippen molar-refractivity contribution < 1.29 is 19.4 Å². The summed E-state index contributed by atoms with van der Waals surface area (Å²) in [5.74, 6) is -0.762. The van der Waals surface area contributed by atoms with E-state index in [9.17, 15) is 20.0 Å². The van der Waals surface area contributed by atoms with E-state index >= 15 is 0 Å². The number of benzene rings is 2. The molecule has 3 rings (SSSR count). The first kappa shape index (κ1) is 22.4. The predicted molar refractivity (Wildman–Crippen MR) is 115 cm³/mol. The normalized spacial score (nSPS) is 19.0. The number of nitrogens with one attached hydrogen (secondary N) is 2. The van der Waals surface area contributed by atoms with Crippen molar-refractivity contribution >= 4 is 23.6 Å². The second-order valence-electron chi connectivity index (χ2n) is 7.51. The number of hydrogen-bond acceptors (Lipinski definition) is 5. The predicted octanol–water partition coefficient (Wildman–Crippen LogP) is 4.21. The van der Waals surface area contributed by atoms with Gasteiger partial charge in [0.05, 0.1) is 12.0 Å². The van der Waals surface area contributed by atoms with Crippen molar-refractivity contribution in [2.45, 2.75) is 44.4 Å². The molecule has 8 heteroatoms. The van der Waals surface area contributed by atoms with E-state index < -0.39 is 18.1 Å². The van der Waals surface area contributed by atoms with Crippen molar-refractivity contribution in [1.82, 2.24) is 10.6 Å². The Hall–Kier alpha value is -3.24. The maximum atomic E-state index is 12.9. The monoisotopic (exact) mass is 441 g/mol. The molecule has 0 spiro atoms. The fourth-order valence-corrected chi connectivity index (χ4v) is 3.94. The summed E-state index contributed by atoms with van der Waals surface area (Å²) in [5.41, 5.74) is 1.26. The lowest BCUT2D eigenvalue weighted by Crippen LogP contribution is -2.49. The number of carbonyl (C=O) groups is 2. The molecule has 0 saturated heterocycles. The number of rotatable bonds is 6. The Morgan fingerprint density at radius 1 is 1.19 bits per heavy atom. The van der Waals surface area contributed by atoms with Gasteiger partial charge >= 0.3 is 6.09 Å². The van der Waals surface area contributed by atoms with Gasteiger partial charge < -0.3 is 20.5 Å². The zero-order valence-electron chi connectivity index (χ0n) is 16.9. The van der Waals surface area contributed by atoms with Gasteiger partial charge in [-0.3, -0.25) is 4.79 Å². The summed E-state index contributed by atoms with van der Waals surface area (Å²) >= 11 is 5.94. The zero-order valence-corrected chi connectivity index (χ0v) is 17.6. The molecule has 0 aliphatic heterocycles. The molecule has 3 atom stereocenters. The number of ether oxygens (including phenoxy) is 1. The number of carbonyl (C=O) groups excluding carboxylic acids is 2. The lowest BCUT2D eigenvalue weighted by Gasteiger charge is -2.31. The van der Waals surface area contributed by atoms with Crippen LogP contribution in [0.25, 0.3) is 0 Å². The second kappa shape index (κ2) is 10.7. The van der Waals surface area contributed by atoms with Crippen LogP contribution in [0.2, 0.25) is 5.02 Å². The van der Waals surface area contributed by atoms with Crippen LogP contribution in [-0.4, -0.2) is 23.1 Å². The smallest absolute Gasteiger partial charge is 0.407 e. The third-order valence-electron chi connectivity index (χ3n) is 5.28. The molecule has 3 N–H and O–H groups in total. The summed E-state index contributed by atoms with van der Waals surface area (Å²) in [7, 11) is 0. The minimum absolute atomic E-state index is 0.0201. The highest BCUT2D eigenvalue weighted by Crippen LogP contribution is 2.26. The van der Waals surface area contributed by atoms with Crippen molar-refractivity contribution in [2.75, 3.05) is 0 Å². The Morgan fingerprint density at radius 3 is 2.71 bits per heavy atom. The summed E-state index contributed by atoms with van der Waals surface area (Å²) in [4.78, 5) is 25.2. The largest absolute Gasteiger partial charge is 0.508 e. The van der Waals surface area contributed by atoms with Gasteiger partial charge in [-0.15, -0.1) is 0 Å². The average molecular weight is 442 g/mol. The average Bonchev–Trinajstić information content (AvgIpc) is 2.76. The summed E-state index contributed by atoms with van der Waals surface area (Å²) in [5, 5.41) is 25.2. The van der Waals surface area contributed by atoms with Crippen LogP contribution in [0.4, 0.5) is 4.79 Å². The molecule has 7 nitrogen and oxygen atoms in total. The topological polar surface area (TPSA) is 111 Å². The van der Waals surface area contributed by atoms with Crippen molar-refractivity contribution in [3.63, 3.8) is 0 Å². The van der Waals surface area contributed by atoms with Crippen molar-refractivity contribution in [1.29, 1.82) is 5.26 Å². The van der Waals surface area contributed by atoms with Crippen LogP contribution in [0.15, 0.2) is 48.5 Å². The zero-order chi connectivity index (χ0) is 22.2. The number of alkyl carbamates (subject to hydrolysis) is 1. The maximum Gasteiger partial charge on any atom is 0.407 e. The number of aromatic hydroxyl groups is 1. The molecule has 1 unspecified atom stereocenters. The molecule has 2 amide bonds. The first-order chi connectivity index (χ1) is 15.0. The lowest BCUT2D eigenvalue weighted by molar-refractivity contribution is -0.127. The van der Waals surface area contributed by atoms with Gasteiger partial charge in [-0.2, -0.15) is 5.26 Å². The van der Waals surface area contributed by atoms with E-state index in [0.29, 0.717) is 23.4 Å². The van der Waals surface area contributed by atoms with Crippen molar-refractivity contribution in [3.05, 3.63) is 64.7 Å². The van der Waals surface area contributed by atoms with Crippen LogP contribution in [0, 0.1) is 17.2 Å². The van der Waals surface area contributed by atoms with Gasteiger partial charge in [0.15, 0.2) is 0 Å². The first-order valence-electron chi connectivity index (χ1n) is 10.1. The molecule has 0 radical (unpaired) electrons. The molecule has 1 aliphatic carbocycles. The number of nitriles is 1. The number of amides is 2. The Bertz CT molecular complexity index is 975. The van der Waals surface area contributed by atoms with E-state index in [1.54, 1.807) is 36.4 Å². The van der Waals surface area contributed by atoms with Crippen molar-refractivity contribution in [3.8, 4) is 11.8 Å².